The highest BCUT2D eigenvalue weighted by atomic mass is 79.9. The molecular formula is C11H11BrF3N5S. The van der Waals surface area contributed by atoms with Crippen LogP contribution < -0.4 is 16.2 Å². The second kappa shape index (κ2) is 6.16. The van der Waals surface area contributed by atoms with Crippen LogP contribution in [0.5, 0.6) is 0 Å². The minimum absolute atomic E-state index is 0.0912. The number of hydrogen-bond donors (Lipinski definition) is 2. The Labute approximate surface area is 131 Å². The zero-order valence-corrected chi connectivity index (χ0v) is 13.2. The SMILES string of the molecule is CN(Cc1cc(Br)cs1)c1cc(NN)nc(C(F)(F)F)n1. The molecule has 10 heteroatoms. The van der Waals surface area contributed by atoms with E-state index in [2.05, 4.69) is 31.3 Å². The van der Waals surface area contributed by atoms with Gasteiger partial charge in [-0.1, -0.05) is 0 Å². The Morgan fingerprint density at radius 1 is 1.38 bits per heavy atom. The van der Waals surface area contributed by atoms with E-state index in [4.69, 9.17) is 5.84 Å². The van der Waals surface area contributed by atoms with Crippen molar-refractivity contribution < 1.29 is 13.2 Å². The third-order valence-electron chi connectivity index (χ3n) is 2.52. The van der Waals surface area contributed by atoms with Crippen LogP contribution in [0, 0.1) is 0 Å². The summed E-state index contributed by atoms with van der Waals surface area (Å²) in [5.74, 6) is 3.97. The van der Waals surface area contributed by atoms with Crippen LogP contribution in [0.2, 0.25) is 0 Å². The number of hydrazine groups is 1. The Bertz CT molecular complexity index is 631. The molecule has 2 aromatic rings. The van der Waals surface area contributed by atoms with Gasteiger partial charge in [0.05, 0.1) is 6.54 Å². The molecule has 0 aliphatic heterocycles. The summed E-state index contributed by atoms with van der Waals surface area (Å²) in [7, 11) is 1.65. The molecule has 0 saturated heterocycles. The van der Waals surface area contributed by atoms with E-state index in [1.807, 2.05) is 11.4 Å². The summed E-state index contributed by atoms with van der Waals surface area (Å²) in [5, 5.41) is 1.90. The Balaban J connectivity index is 2.29. The van der Waals surface area contributed by atoms with E-state index >= 15 is 0 Å². The summed E-state index contributed by atoms with van der Waals surface area (Å²) >= 11 is 4.83. The molecule has 0 amide bonds. The molecule has 0 aliphatic carbocycles. The fourth-order valence-corrected chi connectivity index (χ4v) is 3.09. The van der Waals surface area contributed by atoms with Crippen molar-refractivity contribution in [1.82, 2.24) is 9.97 Å². The summed E-state index contributed by atoms with van der Waals surface area (Å²) in [6.07, 6.45) is -4.63. The fraction of sp³-hybridized carbons (Fsp3) is 0.273. The van der Waals surface area contributed by atoms with Gasteiger partial charge in [0.25, 0.3) is 0 Å². The number of hydrogen-bond acceptors (Lipinski definition) is 6. The lowest BCUT2D eigenvalue weighted by Crippen LogP contribution is -2.22. The molecule has 0 bridgehead atoms. The van der Waals surface area contributed by atoms with E-state index in [1.165, 1.54) is 17.4 Å². The molecule has 2 rings (SSSR count). The van der Waals surface area contributed by atoms with Crippen LogP contribution in [-0.2, 0) is 12.7 Å². The number of alkyl halides is 3. The lowest BCUT2D eigenvalue weighted by Gasteiger charge is -2.19. The molecule has 0 saturated carbocycles. The van der Waals surface area contributed by atoms with Gasteiger partial charge >= 0.3 is 6.18 Å². The maximum atomic E-state index is 12.8. The minimum Gasteiger partial charge on any atom is -0.354 e. The number of nitrogens with zero attached hydrogens (tertiary/aromatic N) is 3. The quantitative estimate of drug-likeness (QED) is 0.628. The van der Waals surface area contributed by atoms with Gasteiger partial charge in [-0.05, 0) is 22.0 Å². The zero-order valence-electron chi connectivity index (χ0n) is 10.8. The van der Waals surface area contributed by atoms with Gasteiger partial charge in [0.1, 0.15) is 11.6 Å². The third-order valence-corrected chi connectivity index (χ3v) is 4.20. The van der Waals surface area contributed by atoms with Crippen molar-refractivity contribution in [2.75, 3.05) is 17.4 Å². The van der Waals surface area contributed by atoms with Gasteiger partial charge in [-0.3, -0.25) is 0 Å². The monoisotopic (exact) mass is 381 g/mol. The number of thiophene rings is 1. The van der Waals surface area contributed by atoms with Crippen molar-refractivity contribution >= 4 is 38.9 Å². The molecular weight excluding hydrogens is 371 g/mol. The highest BCUT2D eigenvalue weighted by molar-refractivity contribution is 9.10. The van der Waals surface area contributed by atoms with E-state index in [1.54, 1.807) is 11.9 Å². The Kier molecular flexibility index (Phi) is 4.69. The number of halogens is 4. The third kappa shape index (κ3) is 4.05. The van der Waals surface area contributed by atoms with Crippen molar-refractivity contribution in [1.29, 1.82) is 0 Å². The molecule has 0 aromatic carbocycles. The van der Waals surface area contributed by atoms with Gasteiger partial charge in [-0.2, -0.15) is 13.2 Å². The molecule has 2 aromatic heterocycles. The summed E-state index contributed by atoms with van der Waals surface area (Å²) in [5.41, 5.74) is 2.12. The van der Waals surface area contributed by atoms with Crippen molar-refractivity contribution in [2.24, 2.45) is 5.84 Å². The van der Waals surface area contributed by atoms with Crippen molar-refractivity contribution in [2.45, 2.75) is 12.7 Å². The zero-order chi connectivity index (χ0) is 15.6. The molecule has 21 heavy (non-hydrogen) atoms. The molecule has 0 aliphatic rings. The second-order valence-electron chi connectivity index (χ2n) is 4.16. The van der Waals surface area contributed by atoms with E-state index in [-0.39, 0.29) is 11.6 Å². The van der Waals surface area contributed by atoms with Crippen LogP contribution in [-0.4, -0.2) is 17.0 Å². The van der Waals surface area contributed by atoms with E-state index in [0.29, 0.717) is 6.54 Å². The first-order valence-corrected chi connectivity index (χ1v) is 7.34. The van der Waals surface area contributed by atoms with Gasteiger partial charge in [0.15, 0.2) is 0 Å². The molecule has 0 atom stereocenters. The van der Waals surface area contributed by atoms with Crippen molar-refractivity contribution in [3.05, 3.63) is 32.7 Å². The van der Waals surface area contributed by atoms with Crippen LogP contribution in [0.3, 0.4) is 0 Å². The van der Waals surface area contributed by atoms with Gasteiger partial charge in [-0.15, -0.1) is 11.3 Å². The average molecular weight is 382 g/mol. The minimum atomic E-state index is -4.63. The highest BCUT2D eigenvalue weighted by Crippen LogP contribution is 2.29. The standard InChI is InChI=1S/C11H11BrF3N5S/c1-20(4-7-2-6(12)5-21-7)9-3-8(19-16)17-10(18-9)11(13,14)15/h2-3,5H,4,16H2,1H3,(H,17,18,19). The normalized spacial score (nSPS) is 11.5. The van der Waals surface area contributed by atoms with Gasteiger partial charge in [-0.25, -0.2) is 15.8 Å². The van der Waals surface area contributed by atoms with Crippen LogP contribution in [0.25, 0.3) is 0 Å². The number of nitrogen functional groups attached to an aromatic ring is 1. The Morgan fingerprint density at radius 3 is 2.62 bits per heavy atom. The van der Waals surface area contributed by atoms with E-state index in [9.17, 15) is 13.2 Å². The van der Waals surface area contributed by atoms with E-state index < -0.39 is 12.0 Å². The Hall–Kier alpha value is -1.39. The van der Waals surface area contributed by atoms with Crippen LogP contribution in [0.1, 0.15) is 10.7 Å². The first kappa shape index (κ1) is 16.0. The maximum absolute atomic E-state index is 12.8. The number of aromatic nitrogens is 2. The summed E-state index contributed by atoms with van der Waals surface area (Å²) in [6.45, 7) is 0.425. The molecule has 5 nitrogen and oxygen atoms in total. The largest absolute Gasteiger partial charge is 0.451 e. The summed E-state index contributed by atoms with van der Waals surface area (Å²) in [4.78, 5) is 9.43. The Morgan fingerprint density at radius 2 is 2.10 bits per heavy atom. The van der Waals surface area contributed by atoms with Crippen molar-refractivity contribution in [3.8, 4) is 0 Å². The average Bonchev–Trinajstić information content (AvgIpc) is 2.82. The smallest absolute Gasteiger partial charge is 0.354 e. The molecule has 3 N–H and O–H groups in total. The van der Waals surface area contributed by atoms with Gasteiger partial charge < -0.3 is 10.3 Å². The molecule has 114 valence electrons. The first-order valence-electron chi connectivity index (χ1n) is 5.66. The number of anilines is 2. The van der Waals surface area contributed by atoms with Gasteiger partial charge in [0, 0.05) is 27.8 Å². The maximum Gasteiger partial charge on any atom is 0.451 e. The predicted octanol–water partition coefficient (Wildman–Crippen LogP) is 3.24. The molecule has 0 spiro atoms. The summed E-state index contributed by atoms with van der Waals surface area (Å²) < 4.78 is 39.2. The molecule has 2 heterocycles. The topological polar surface area (TPSA) is 67.1 Å². The number of rotatable bonds is 4. The van der Waals surface area contributed by atoms with Crippen LogP contribution >= 0.6 is 27.3 Å². The molecule has 0 radical (unpaired) electrons. The molecule has 0 fully saturated rings. The van der Waals surface area contributed by atoms with Crippen molar-refractivity contribution in [3.63, 3.8) is 0 Å². The predicted molar refractivity (Wildman–Crippen MR) is 79.0 cm³/mol. The highest BCUT2D eigenvalue weighted by Gasteiger charge is 2.35. The lowest BCUT2D eigenvalue weighted by molar-refractivity contribution is -0.144. The second-order valence-corrected chi connectivity index (χ2v) is 6.08. The molecule has 0 unspecified atom stereocenters. The lowest BCUT2D eigenvalue weighted by atomic mass is 10.4. The van der Waals surface area contributed by atoms with Crippen LogP contribution in [0.4, 0.5) is 24.8 Å². The fourth-order valence-electron chi connectivity index (χ4n) is 1.58. The number of nitrogens with two attached hydrogens (primary N) is 1. The number of nitrogens with one attached hydrogen (secondary N) is 1. The summed E-state index contributed by atoms with van der Waals surface area (Å²) in [6, 6.07) is 3.26. The first-order chi connectivity index (χ1) is 9.79. The van der Waals surface area contributed by atoms with Gasteiger partial charge in [0.2, 0.25) is 5.82 Å². The van der Waals surface area contributed by atoms with E-state index in [0.717, 1.165) is 9.35 Å². The van der Waals surface area contributed by atoms with Crippen LogP contribution in [0.15, 0.2) is 22.0 Å².